The number of fused-ring (bicyclic) bond motifs is 1. The first-order chi connectivity index (χ1) is 11.4. The summed E-state index contributed by atoms with van der Waals surface area (Å²) in [5.41, 5.74) is -0.588. The number of aromatic carboxylic acids is 1. The molecule has 0 atom stereocenters. The van der Waals surface area contributed by atoms with Crippen LogP contribution in [-0.4, -0.2) is 16.1 Å². The standard InChI is InChI=1S/C17H10F3NO3/c18-17(19,20)10-4-3-5-11(8-10)24-14-9-21-13-7-2-1-6-12(13)15(14)16(22)23/h1-9H,(H,22,23). The van der Waals surface area contributed by atoms with Crippen LogP contribution in [0.3, 0.4) is 0 Å². The van der Waals surface area contributed by atoms with Crippen molar-refractivity contribution in [1.82, 2.24) is 4.98 Å². The SMILES string of the molecule is O=C(O)c1c(Oc2cccc(C(F)(F)F)c2)cnc2ccccc12. The lowest BCUT2D eigenvalue weighted by atomic mass is 10.1. The summed E-state index contributed by atoms with van der Waals surface area (Å²) in [4.78, 5) is 15.6. The maximum Gasteiger partial charge on any atom is 0.416 e. The molecular formula is C17H10F3NO3. The van der Waals surface area contributed by atoms with Gasteiger partial charge in [-0.3, -0.25) is 4.98 Å². The Kier molecular flexibility index (Phi) is 3.84. The van der Waals surface area contributed by atoms with E-state index in [4.69, 9.17) is 4.74 Å². The molecule has 1 N–H and O–H groups in total. The van der Waals surface area contributed by atoms with Crippen LogP contribution in [0.5, 0.6) is 11.5 Å². The lowest BCUT2D eigenvalue weighted by molar-refractivity contribution is -0.137. The van der Waals surface area contributed by atoms with E-state index in [2.05, 4.69) is 4.98 Å². The van der Waals surface area contributed by atoms with E-state index in [1.165, 1.54) is 18.3 Å². The molecule has 0 saturated carbocycles. The van der Waals surface area contributed by atoms with E-state index in [1.54, 1.807) is 24.3 Å². The molecule has 7 heteroatoms. The van der Waals surface area contributed by atoms with Crippen molar-refractivity contribution in [3.63, 3.8) is 0 Å². The van der Waals surface area contributed by atoms with Gasteiger partial charge in [0.05, 0.1) is 17.3 Å². The molecule has 1 heterocycles. The van der Waals surface area contributed by atoms with Gasteiger partial charge in [0.25, 0.3) is 0 Å². The Balaban J connectivity index is 2.08. The predicted molar refractivity (Wildman–Crippen MR) is 80.2 cm³/mol. The van der Waals surface area contributed by atoms with Crippen LogP contribution < -0.4 is 4.74 Å². The number of halogens is 3. The number of para-hydroxylation sites is 1. The maximum absolute atomic E-state index is 12.8. The van der Waals surface area contributed by atoms with Crippen LogP contribution in [0.2, 0.25) is 0 Å². The molecule has 24 heavy (non-hydrogen) atoms. The third-order valence-corrected chi connectivity index (χ3v) is 3.34. The van der Waals surface area contributed by atoms with E-state index in [0.29, 0.717) is 10.9 Å². The third kappa shape index (κ3) is 3.01. The largest absolute Gasteiger partial charge is 0.478 e. The molecule has 3 aromatic rings. The molecule has 0 aliphatic rings. The maximum atomic E-state index is 12.8. The van der Waals surface area contributed by atoms with Crippen LogP contribution in [-0.2, 0) is 6.18 Å². The minimum Gasteiger partial charge on any atom is -0.478 e. The van der Waals surface area contributed by atoms with Gasteiger partial charge in [-0.05, 0) is 24.3 Å². The molecule has 0 fully saturated rings. The number of benzene rings is 2. The van der Waals surface area contributed by atoms with E-state index < -0.39 is 17.7 Å². The van der Waals surface area contributed by atoms with Crippen LogP contribution in [0.25, 0.3) is 10.9 Å². The lowest BCUT2D eigenvalue weighted by Gasteiger charge is -2.12. The minimum absolute atomic E-state index is 0.121. The zero-order chi connectivity index (χ0) is 17.3. The summed E-state index contributed by atoms with van der Waals surface area (Å²) in [7, 11) is 0. The summed E-state index contributed by atoms with van der Waals surface area (Å²) in [6.45, 7) is 0. The van der Waals surface area contributed by atoms with Gasteiger partial charge in [-0.25, -0.2) is 4.79 Å². The van der Waals surface area contributed by atoms with Gasteiger partial charge in [0.15, 0.2) is 5.75 Å². The van der Waals surface area contributed by atoms with Crippen molar-refractivity contribution in [2.45, 2.75) is 6.18 Å². The third-order valence-electron chi connectivity index (χ3n) is 3.34. The number of nitrogens with zero attached hydrogens (tertiary/aromatic N) is 1. The molecule has 0 aliphatic carbocycles. The number of hydrogen-bond acceptors (Lipinski definition) is 3. The van der Waals surface area contributed by atoms with Gasteiger partial charge >= 0.3 is 12.1 Å². The molecule has 0 unspecified atom stereocenters. The molecule has 1 aromatic heterocycles. The summed E-state index contributed by atoms with van der Waals surface area (Å²) in [6, 6.07) is 10.8. The Labute approximate surface area is 134 Å². The number of ether oxygens (including phenoxy) is 1. The van der Waals surface area contributed by atoms with E-state index >= 15 is 0 Å². The highest BCUT2D eigenvalue weighted by atomic mass is 19.4. The van der Waals surface area contributed by atoms with Crippen molar-refractivity contribution < 1.29 is 27.8 Å². The fraction of sp³-hybridized carbons (Fsp3) is 0.0588. The van der Waals surface area contributed by atoms with Crippen molar-refractivity contribution in [3.8, 4) is 11.5 Å². The first-order valence-corrected chi connectivity index (χ1v) is 6.82. The van der Waals surface area contributed by atoms with Gasteiger partial charge in [0.1, 0.15) is 11.3 Å². The van der Waals surface area contributed by atoms with Crippen molar-refractivity contribution >= 4 is 16.9 Å². The Morgan fingerprint density at radius 2 is 1.83 bits per heavy atom. The quantitative estimate of drug-likeness (QED) is 0.752. The summed E-state index contributed by atoms with van der Waals surface area (Å²) in [6.07, 6.45) is -3.33. The minimum atomic E-state index is -4.52. The van der Waals surface area contributed by atoms with Crippen LogP contribution in [0.15, 0.2) is 54.7 Å². The molecule has 0 aliphatic heterocycles. The molecule has 122 valence electrons. The zero-order valence-electron chi connectivity index (χ0n) is 12.0. The number of carbonyl (C=O) groups is 1. The zero-order valence-corrected chi connectivity index (χ0v) is 12.0. The van der Waals surface area contributed by atoms with E-state index in [9.17, 15) is 23.1 Å². The normalized spacial score (nSPS) is 11.5. The van der Waals surface area contributed by atoms with Gasteiger partial charge in [-0.15, -0.1) is 0 Å². The highest BCUT2D eigenvalue weighted by Crippen LogP contribution is 2.34. The first kappa shape index (κ1) is 15.8. The first-order valence-electron chi connectivity index (χ1n) is 6.82. The van der Waals surface area contributed by atoms with Gasteiger partial charge in [0.2, 0.25) is 0 Å². The Bertz CT molecular complexity index is 922. The van der Waals surface area contributed by atoms with E-state index in [-0.39, 0.29) is 17.1 Å². The lowest BCUT2D eigenvalue weighted by Crippen LogP contribution is -2.05. The fourth-order valence-electron chi connectivity index (χ4n) is 2.28. The van der Waals surface area contributed by atoms with Crippen molar-refractivity contribution in [1.29, 1.82) is 0 Å². The van der Waals surface area contributed by atoms with E-state index in [0.717, 1.165) is 12.1 Å². The molecule has 2 aromatic carbocycles. The molecule has 0 saturated heterocycles. The molecule has 0 amide bonds. The van der Waals surface area contributed by atoms with Gasteiger partial charge in [-0.1, -0.05) is 24.3 Å². The smallest absolute Gasteiger partial charge is 0.416 e. The number of hydrogen-bond donors (Lipinski definition) is 1. The molecular weight excluding hydrogens is 323 g/mol. The molecule has 0 spiro atoms. The van der Waals surface area contributed by atoms with Gasteiger partial charge in [-0.2, -0.15) is 13.2 Å². The fourth-order valence-corrected chi connectivity index (χ4v) is 2.28. The molecule has 0 radical (unpaired) electrons. The van der Waals surface area contributed by atoms with Crippen molar-refractivity contribution in [2.24, 2.45) is 0 Å². The van der Waals surface area contributed by atoms with E-state index in [1.807, 2.05) is 0 Å². The highest BCUT2D eigenvalue weighted by molar-refractivity contribution is 6.04. The summed E-state index contributed by atoms with van der Waals surface area (Å²) in [5, 5.41) is 9.78. The number of aromatic nitrogens is 1. The monoisotopic (exact) mass is 333 g/mol. The van der Waals surface area contributed by atoms with Crippen molar-refractivity contribution in [2.75, 3.05) is 0 Å². The van der Waals surface area contributed by atoms with Gasteiger partial charge in [0, 0.05) is 5.39 Å². The average molecular weight is 333 g/mol. The summed E-state index contributed by atoms with van der Waals surface area (Å²) >= 11 is 0. The Morgan fingerprint density at radius 3 is 2.54 bits per heavy atom. The topological polar surface area (TPSA) is 59.4 Å². The number of alkyl halides is 3. The Hall–Kier alpha value is -3.09. The number of pyridine rings is 1. The second-order valence-corrected chi connectivity index (χ2v) is 4.95. The molecule has 3 rings (SSSR count). The number of rotatable bonds is 3. The van der Waals surface area contributed by atoms with Crippen LogP contribution in [0.4, 0.5) is 13.2 Å². The van der Waals surface area contributed by atoms with Crippen molar-refractivity contribution in [3.05, 3.63) is 65.9 Å². The molecule has 0 bridgehead atoms. The number of carboxylic acids is 1. The molecule has 4 nitrogen and oxygen atoms in total. The predicted octanol–water partition coefficient (Wildman–Crippen LogP) is 4.74. The van der Waals surface area contributed by atoms with Crippen LogP contribution >= 0.6 is 0 Å². The second-order valence-electron chi connectivity index (χ2n) is 4.95. The average Bonchev–Trinajstić information content (AvgIpc) is 2.53. The number of carboxylic acid groups (broad SMARTS) is 1. The van der Waals surface area contributed by atoms with Crippen LogP contribution in [0.1, 0.15) is 15.9 Å². The second kappa shape index (κ2) is 5.84. The Morgan fingerprint density at radius 1 is 1.08 bits per heavy atom. The van der Waals surface area contributed by atoms with Crippen LogP contribution in [0, 0.1) is 0 Å². The summed E-state index contributed by atoms with van der Waals surface area (Å²) in [5.74, 6) is -1.50. The summed E-state index contributed by atoms with van der Waals surface area (Å²) < 4.78 is 43.7. The van der Waals surface area contributed by atoms with Gasteiger partial charge < -0.3 is 9.84 Å². The highest BCUT2D eigenvalue weighted by Gasteiger charge is 2.30.